The van der Waals surface area contributed by atoms with Crippen molar-refractivity contribution in [2.45, 2.75) is 278 Å². The number of unbranched alkanes of at least 4 members (excludes halogenated alkanes) is 9. The zero-order valence-corrected chi connectivity index (χ0v) is 48.4. The lowest BCUT2D eigenvalue weighted by Gasteiger charge is -2.50. The SMILES string of the molecule is CCCCOCC1O[C@H](O[C@H](COCCCC)[C@@H](F)OC(COCCCC)[C@H](C)OCCCC)C(O[C@H]2OC(COCCCC)[C@@H](OCCCC)C(OCCCC)C2OC(C)=O)C(OCCCC)[C@@H]1OCCCC. The summed E-state index contributed by atoms with van der Waals surface area (Å²) in [6.07, 6.45) is 1.42. The zero-order valence-electron chi connectivity index (χ0n) is 48.4. The number of hydrogen-bond donors (Lipinski definition) is 0. The topological polar surface area (TPSA) is 156 Å². The van der Waals surface area contributed by atoms with E-state index in [-0.39, 0.29) is 26.4 Å². The maximum absolute atomic E-state index is 17.5. The molecule has 0 amide bonds. The van der Waals surface area contributed by atoms with Crippen LogP contribution in [0, 0.1) is 0 Å². The molecule has 2 aliphatic rings. The molecule has 2 fully saturated rings. The molecule has 2 saturated heterocycles. The van der Waals surface area contributed by atoms with Crippen molar-refractivity contribution in [2.75, 3.05) is 85.9 Å². The molecule has 2 heterocycles. The molecule has 0 radical (unpaired) electrons. The van der Waals surface area contributed by atoms with Crippen LogP contribution >= 0.6 is 0 Å². The van der Waals surface area contributed by atoms with E-state index >= 15 is 4.39 Å². The molecule has 74 heavy (non-hydrogen) atoms. The smallest absolute Gasteiger partial charge is 0.303 e. The Kier molecular flexibility index (Phi) is 41.6. The van der Waals surface area contributed by atoms with Gasteiger partial charge in [0.05, 0.1) is 32.5 Å². The fraction of sp³-hybridized carbons (Fsp3) is 0.982. The van der Waals surface area contributed by atoms with Crippen LogP contribution in [0.3, 0.4) is 0 Å². The van der Waals surface area contributed by atoms with E-state index in [1.165, 1.54) is 6.92 Å². The van der Waals surface area contributed by atoms with Crippen molar-refractivity contribution in [3.8, 4) is 0 Å². The third-order valence-corrected chi connectivity index (χ3v) is 13.0. The van der Waals surface area contributed by atoms with Crippen LogP contribution in [0.4, 0.5) is 4.39 Å². The Bertz CT molecular complexity index is 1290. The minimum Gasteiger partial charge on any atom is -0.454 e. The van der Waals surface area contributed by atoms with E-state index in [1.54, 1.807) is 0 Å². The second-order valence-electron chi connectivity index (χ2n) is 19.9. The summed E-state index contributed by atoms with van der Waals surface area (Å²) in [5, 5.41) is 0. The Morgan fingerprint density at radius 2 is 0.838 bits per heavy atom. The van der Waals surface area contributed by atoms with Gasteiger partial charge in [-0.05, 0) is 64.7 Å². The van der Waals surface area contributed by atoms with E-state index in [0.29, 0.717) is 59.5 Å². The van der Waals surface area contributed by atoms with Gasteiger partial charge in [0.15, 0.2) is 18.7 Å². The molecular formula is C57H109FO16. The van der Waals surface area contributed by atoms with Gasteiger partial charge < -0.3 is 71.1 Å². The van der Waals surface area contributed by atoms with E-state index in [4.69, 9.17) is 71.1 Å². The van der Waals surface area contributed by atoms with Gasteiger partial charge >= 0.3 is 5.97 Å². The van der Waals surface area contributed by atoms with Crippen molar-refractivity contribution < 1.29 is 80.2 Å². The van der Waals surface area contributed by atoms with Gasteiger partial charge in [-0.15, -0.1) is 0 Å². The van der Waals surface area contributed by atoms with E-state index in [9.17, 15) is 4.79 Å². The first-order chi connectivity index (χ1) is 36.1. The van der Waals surface area contributed by atoms with Crippen LogP contribution < -0.4 is 0 Å². The van der Waals surface area contributed by atoms with Crippen LogP contribution in [0.2, 0.25) is 0 Å². The second-order valence-corrected chi connectivity index (χ2v) is 19.9. The molecule has 0 aliphatic carbocycles. The van der Waals surface area contributed by atoms with Crippen LogP contribution in [0.1, 0.15) is 192 Å². The Labute approximate surface area is 448 Å². The molecule has 0 N–H and O–H groups in total. The molecule has 2 aliphatic heterocycles. The lowest BCUT2D eigenvalue weighted by atomic mass is 9.96. The first-order valence-corrected chi connectivity index (χ1v) is 29.6. The first kappa shape index (κ1) is 68.9. The monoisotopic (exact) mass is 1070 g/mol. The van der Waals surface area contributed by atoms with Crippen LogP contribution in [0.25, 0.3) is 0 Å². The van der Waals surface area contributed by atoms with E-state index < -0.39 is 92.1 Å². The number of carbonyl (C=O) groups is 1. The largest absolute Gasteiger partial charge is 0.454 e. The second kappa shape index (κ2) is 44.7. The molecule has 0 aromatic carbocycles. The first-order valence-electron chi connectivity index (χ1n) is 29.6. The van der Waals surface area contributed by atoms with Gasteiger partial charge in [-0.3, -0.25) is 4.79 Å². The molecule has 0 aromatic rings. The molecule has 0 spiro atoms. The van der Waals surface area contributed by atoms with Crippen LogP contribution in [-0.2, 0) is 75.8 Å². The van der Waals surface area contributed by atoms with Gasteiger partial charge in [0.1, 0.15) is 54.9 Å². The van der Waals surface area contributed by atoms with Crippen molar-refractivity contribution in [1.29, 1.82) is 0 Å². The highest BCUT2D eigenvalue weighted by atomic mass is 19.1. The van der Waals surface area contributed by atoms with Crippen molar-refractivity contribution >= 4 is 5.97 Å². The van der Waals surface area contributed by atoms with E-state index in [1.807, 2.05) is 6.92 Å². The normalized spacial score (nSPS) is 26.0. The van der Waals surface area contributed by atoms with Gasteiger partial charge in [-0.2, -0.15) is 0 Å². The highest BCUT2D eigenvalue weighted by Crippen LogP contribution is 2.37. The summed E-state index contributed by atoms with van der Waals surface area (Å²) < 4.78 is 116. The number of esters is 1. The van der Waals surface area contributed by atoms with Crippen molar-refractivity contribution in [1.82, 2.24) is 0 Å². The Morgan fingerprint density at radius 1 is 0.459 bits per heavy atom. The molecule has 7 unspecified atom stereocenters. The summed E-state index contributed by atoms with van der Waals surface area (Å²) in [5.41, 5.74) is 0. The maximum Gasteiger partial charge on any atom is 0.303 e. The fourth-order valence-corrected chi connectivity index (χ4v) is 8.29. The maximum atomic E-state index is 17.5. The zero-order chi connectivity index (χ0) is 54.2. The molecule has 0 saturated carbocycles. The predicted octanol–water partition coefficient (Wildman–Crippen LogP) is 11.0. The number of rotatable bonds is 49. The molecule has 0 bridgehead atoms. The van der Waals surface area contributed by atoms with Crippen LogP contribution in [-0.4, -0.2) is 178 Å². The van der Waals surface area contributed by atoms with Crippen molar-refractivity contribution in [3.63, 3.8) is 0 Å². The number of halogens is 1. The standard InChI is InChI=1S/C57H109FO16/c1-12-21-30-60-39-45(43(10)64-34-25-16-5)70-55(58)48(42-63-33-24-15-4)73-56-54(52(68-38-29-20-9)50(66-36-27-18-7)46(71-56)40-61-31-22-13-2)74-57-53(69-44(11)59)51(67-37-28-19-8)49(65-35-26-17-6)47(72-57)41-62-32-23-14-3/h43,45-57H,12-42H2,1-11H3/t43-,45?,46?,47?,48+,49+,50+,51?,52?,53?,54?,55-,56+,57+/m0/s1. The van der Waals surface area contributed by atoms with Gasteiger partial charge in [0.25, 0.3) is 0 Å². The number of hydrogen-bond acceptors (Lipinski definition) is 16. The van der Waals surface area contributed by atoms with E-state index in [2.05, 4.69) is 62.3 Å². The Hall–Kier alpha value is -1.16. The summed E-state index contributed by atoms with van der Waals surface area (Å²) in [5.74, 6) is -0.558. The molecule has 0 aromatic heterocycles. The molecule has 440 valence electrons. The molecule has 2 rings (SSSR count). The summed E-state index contributed by atoms with van der Waals surface area (Å²) in [4.78, 5) is 13.2. The van der Waals surface area contributed by atoms with Gasteiger partial charge in [-0.25, -0.2) is 4.39 Å². The van der Waals surface area contributed by atoms with Crippen molar-refractivity contribution in [2.24, 2.45) is 0 Å². The summed E-state index contributed by atoms with van der Waals surface area (Å²) in [7, 11) is 0. The molecular weight excluding hydrogens is 960 g/mol. The highest BCUT2D eigenvalue weighted by molar-refractivity contribution is 5.66. The number of alkyl halides is 1. The minimum absolute atomic E-state index is 0.120. The average molecular weight is 1070 g/mol. The van der Waals surface area contributed by atoms with Gasteiger partial charge in [-0.1, -0.05) is 120 Å². The summed E-state index contributed by atoms with van der Waals surface area (Å²) in [6.45, 7) is 26.3. The summed E-state index contributed by atoms with van der Waals surface area (Å²) in [6, 6.07) is 0. The molecule has 14 atom stereocenters. The lowest BCUT2D eigenvalue weighted by molar-refractivity contribution is -0.387. The predicted molar refractivity (Wildman–Crippen MR) is 284 cm³/mol. The number of ether oxygens (including phenoxy) is 15. The minimum atomic E-state index is -2.03. The quantitative estimate of drug-likeness (QED) is 0.0419. The Balaban J connectivity index is 2.91. The van der Waals surface area contributed by atoms with Crippen molar-refractivity contribution in [3.05, 3.63) is 0 Å². The lowest BCUT2D eigenvalue weighted by Crippen LogP contribution is -2.67. The van der Waals surface area contributed by atoms with Crippen LogP contribution in [0.15, 0.2) is 0 Å². The summed E-state index contributed by atoms with van der Waals surface area (Å²) >= 11 is 0. The Morgan fingerprint density at radius 3 is 1.28 bits per heavy atom. The number of carbonyl (C=O) groups excluding carboxylic acids is 1. The van der Waals surface area contributed by atoms with Gasteiger partial charge in [0, 0.05) is 66.4 Å². The molecule has 16 nitrogen and oxygen atoms in total. The molecule has 17 heteroatoms. The fourth-order valence-electron chi connectivity index (χ4n) is 8.29. The van der Waals surface area contributed by atoms with Crippen LogP contribution in [0.5, 0.6) is 0 Å². The average Bonchev–Trinajstić information content (AvgIpc) is 3.38. The third-order valence-electron chi connectivity index (χ3n) is 13.0. The third kappa shape index (κ3) is 27.6. The van der Waals surface area contributed by atoms with Gasteiger partial charge in [0.2, 0.25) is 6.36 Å². The highest BCUT2D eigenvalue weighted by Gasteiger charge is 2.56. The van der Waals surface area contributed by atoms with E-state index in [0.717, 1.165) is 116 Å².